The van der Waals surface area contributed by atoms with E-state index in [2.05, 4.69) is 11.8 Å². The minimum Gasteiger partial charge on any atom is -0.484 e. The molecule has 0 aliphatic carbocycles. The van der Waals surface area contributed by atoms with Crippen molar-refractivity contribution in [2.45, 2.75) is 51.6 Å². The Labute approximate surface area is 165 Å². The van der Waals surface area contributed by atoms with Crippen molar-refractivity contribution in [3.8, 4) is 5.75 Å². The van der Waals surface area contributed by atoms with Crippen molar-refractivity contribution in [3.63, 3.8) is 0 Å². The lowest BCUT2D eigenvalue weighted by molar-refractivity contribution is -0.142. The van der Waals surface area contributed by atoms with Gasteiger partial charge >= 0.3 is 5.63 Å². The van der Waals surface area contributed by atoms with Gasteiger partial charge in [-0.05, 0) is 50.4 Å². The van der Waals surface area contributed by atoms with Crippen LogP contribution in [0.25, 0.3) is 11.0 Å². The SMILES string of the molecule is CCc1cc(=O)oc2cc(OCC(=O)N3CC(N4CCCCC4C)C3)ccc12. The molecule has 1 aromatic carbocycles. The van der Waals surface area contributed by atoms with Crippen LogP contribution in [0.5, 0.6) is 5.75 Å². The molecule has 2 saturated heterocycles. The molecule has 1 atom stereocenters. The van der Waals surface area contributed by atoms with Crippen LogP contribution in [-0.2, 0) is 11.2 Å². The third-order valence-electron chi connectivity index (χ3n) is 6.08. The number of hydrogen-bond acceptors (Lipinski definition) is 5. The molecule has 2 aliphatic rings. The Bertz CT molecular complexity index is 916. The molecule has 6 nitrogen and oxygen atoms in total. The zero-order chi connectivity index (χ0) is 19.7. The highest BCUT2D eigenvalue weighted by molar-refractivity contribution is 5.82. The fraction of sp³-hybridized carbons (Fsp3) is 0.545. The van der Waals surface area contributed by atoms with Gasteiger partial charge in [-0.15, -0.1) is 0 Å². The molecule has 28 heavy (non-hydrogen) atoms. The Morgan fingerprint density at radius 1 is 1.25 bits per heavy atom. The largest absolute Gasteiger partial charge is 0.484 e. The van der Waals surface area contributed by atoms with E-state index in [1.807, 2.05) is 24.0 Å². The van der Waals surface area contributed by atoms with Crippen molar-refractivity contribution < 1.29 is 13.9 Å². The van der Waals surface area contributed by atoms with Crippen molar-refractivity contribution in [1.29, 1.82) is 0 Å². The normalized spacial score (nSPS) is 20.9. The molecule has 2 aliphatic heterocycles. The highest BCUT2D eigenvalue weighted by atomic mass is 16.5. The first-order valence-corrected chi connectivity index (χ1v) is 10.3. The second-order valence-corrected chi connectivity index (χ2v) is 7.93. The molecule has 1 amide bonds. The summed E-state index contributed by atoms with van der Waals surface area (Å²) < 4.78 is 11.0. The van der Waals surface area contributed by atoms with Crippen LogP contribution >= 0.6 is 0 Å². The number of aryl methyl sites for hydroxylation is 1. The second kappa shape index (κ2) is 7.95. The average molecular weight is 384 g/mol. The quantitative estimate of drug-likeness (QED) is 0.742. The number of amides is 1. The van der Waals surface area contributed by atoms with Crippen LogP contribution in [0.1, 0.15) is 38.7 Å². The fourth-order valence-electron chi connectivity index (χ4n) is 4.36. The van der Waals surface area contributed by atoms with Crippen LogP contribution in [0.15, 0.2) is 33.5 Å². The smallest absolute Gasteiger partial charge is 0.336 e. The monoisotopic (exact) mass is 384 g/mol. The molecule has 0 radical (unpaired) electrons. The van der Waals surface area contributed by atoms with Gasteiger partial charge in [0.25, 0.3) is 5.91 Å². The summed E-state index contributed by atoms with van der Waals surface area (Å²) in [6.45, 7) is 7.02. The number of fused-ring (bicyclic) bond motifs is 1. The van der Waals surface area contributed by atoms with E-state index in [1.165, 1.54) is 25.3 Å². The van der Waals surface area contributed by atoms with E-state index in [1.54, 1.807) is 6.07 Å². The van der Waals surface area contributed by atoms with Gasteiger partial charge < -0.3 is 14.1 Å². The molecule has 2 aromatic rings. The van der Waals surface area contributed by atoms with E-state index in [0.717, 1.165) is 37.0 Å². The summed E-state index contributed by atoms with van der Waals surface area (Å²) in [5.41, 5.74) is 1.08. The maximum absolute atomic E-state index is 12.4. The highest BCUT2D eigenvalue weighted by Gasteiger charge is 2.37. The lowest BCUT2D eigenvalue weighted by Gasteiger charge is -2.49. The van der Waals surface area contributed by atoms with Crippen molar-refractivity contribution in [1.82, 2.24) is 9.80 Å². The van der Waals surface area contributed by atoms with E-state index in [-0.39, 0.29) is 18.1 Å². The summed E-state index contributed by atoms with van der Waals surface area (Å²) in [5.74, 6) is 0.545. The van der Waals surface area contributed by atoms with E-state index in [0.29, 0.717) is 23.4 Å². The predicted molar refractivity (Wildman–Crippen MR) is 108 cm³/mol. The molecule has 1 unspecified atom stereocenters. The van der Waals surface area contributed by atoms with Crippen LogP contribution < -0.4 is 10.4 Å². The molecular formula is C22H28N2O4. The van der Waals surface area contributed by atoms with Crippen molar-refractivity contribution >= 4 is 16.9 Å². The maximum Gasteiger partial charge on any atom is 0.336 e. The summed E-state index contributed by atoms with van der Waals surface area (Å²) >= 11 is 0. The third kappa shape index (κ3) is 3.78. The molecule has 150 valence electrons. The van der Waals surface area contributed by atoms with Crippen LogP contribution in [0, 0.1) is 0 Å². The molecule has 0 spiro atoms. The van der Waals surface area contributed by atoms with Crippen LogP contribution in [0.3, 0.4) is 0 Å². The zero-order valence-corrected chi connectivity index (χ0v) is 16.6. The van der Waals surface area contributed by atoms with Gasteiger partial charge in [0, 0.05) is 42.7 Å². The van der Waals surface area contributed by atoms with E-state index in [9.17, 15) is 9.59 Å². The Kier molecular flexibility index (Phi) is 5.40. The first-order chi connectivity index (χ1) is 13.5. The van der Waals surface area contributed by atoms with Gasteiger partial charge in [0.1, 0.15) is 11.3 Å². The summed E-state index contributed by atoms with van der Waals surface area (Å²) in [5, 5.41) is 0.905. The number of likely N-dealkylation sites (tertiary alicyclic amines) is 2. The second-order valence-electron chi connectivity index (χ2n) is 7.93. The predicted octanol–water partition coefficient (Wildman–Crippen LogP) is 2.82. The lowest BCUT2D eigenvalue weighted by Crippen LogP contribution is -2.64. The minimum atomic E-state index is -0.365. The summed E-state index contributed by atoms with van der Waals surface area (Å²) in [6, 6.07) is 8.03. The van der Waals surface area contributed by atoms with Crippen molar-refractivity contribution in [3.05, 3.63) is 40.2 Å². The van der Waals surface area contributed by atoms with Crippen LogP contribution in [0.4, 0.5) is 0 Å². The maximum atomic E-state index is 12.4. The number of rotatable bonds is 5. The number of carbonyl (C=O) groups is 1. The molecule has 0 saturated carbocycles. The standard InChI is InChI=1S/C22H28N2O4/c1-3-16-10-22(26)28-20-11-18(7-8-19(16)20)27-14-21(25)23-12-17(13-23)24-9-5-4-6-15(24)2/h7-8,10-11,15,17H,3-6,9,12-14H2,1-2H3. The van der Waals surface area contributed by atoms with Gasteiger partial charge in [-0.2, -0.15) is 0 Å². The third-order valence-corrected chi connectivity index (χ3v) is 6.08. The Balaban J connectivity index is 1.33. The molecule has 4 rings (SSSR count). The van der Waals surface area contributed by atoms with Gasteiger partial charge in [0.05, 0.1) is 0 Å². The molecular weight excluding hydrogens is 356 g/mol. The molecule has 0 bridgehead atoms. The molecule has 3 heterocycles. The molecule has 6 heteroatoms. The number of nitrogens with zero attached hydrogens (tertiary/aromatic N) is 2. The topological polar surface area (TPSA) is 63.0 Å². The Morgan fingerprint density at radius 3 is 2.82 bits per heavy atom. The van der Waals surface area contributed by atoms with Gasteiger partial charge in [0.2, 0.25) is 0 Å². The summed E-state index contributed by atoms with van der Waals surface area (Å²) in [4.78, 5) is 28.5. The summed E-state index contributed by atoms with van der Waals surface area (Å²) in [6.07, 6.45) is 4.58. The number of ether oxygens (including phenoxy) is 1. The molecule has 1 aromatic heterocycles. The van der Waals surface area contributed by atoms with Crippen molar-refractivity contribution in [2.24, 2.45) is 0 Å². The number of hydrogen-bond donors (Lipinski definition) is 0. The van der Waals surface area contributed by atoms with Gasteiger partial charge in [0.15, 0.2) is 6.61 Å². The average Bonchev–Trinajstić information content (AvgIpc) is 2.65. The zero-order valence-electron chi connectivity index (χ0n) is 16.6. The molecule has 0 N–H and O–H groups in total. The van der Waals surface area contributed by atoms with Gasteiger partial charge in [-0.1, -0.05) is 13.3 Å². The van der Waals surface area contributed by atoms with Gasteiger partial charge in [-0.25, -0.2) is 4.79 Å². The number of carbonyl (C=O) groups excluding carboxylic acids is 1. The van der Waals surface area contributed by atoms with Crippen LogP contribution in [0.2, 0.25) is 0 Å². The van der Waals surface area contributed by atoms with E-state index in [4.69, 9.17) is 9.15 Å². The first-order valence-electron chi connectivity index (χ1n) is 10.3. The minimum absolute atomic E-state index is 0.00442. The van der Waals surface area contributed by atoms with E-state index >= 15 is 0 Å². The first kappa shape index (κ1) is 19.0. The Hall–Kier alpha value is -2.34. The van der Waals surface area contributed by atoms with E-state index < -0.39 is 0 Å². The van der Waals surface area contributed by atoms with Gasteiger partial charge in [-0.3, -0.25) is 9.69 Å². The van der Waals surface area contributed by atoms with Crippen molar-refractivity contribution in [2.75, 3.05) is 26.2 Å². The van der Waals surface area contributed by atoms with Crippen LogP contribution in [-0.4, -0.2) is 54.0 Å². The number of benzene rings is 1. The fourth-order valence-corrected chi connectivity index (χ4v) is 4.36. The Morgan fingerprint density at radius 2 is 2.07 bits per heavy atom. The molecule has 2 fully saturated rings. The summed E-state index contributed by atoms with van der Waals surface area (Å²) in [7, 11) is 0. The highest BCUT2D eigenvalue weighted by Crippen LogP contribution is 2.25. The lowest BCUT2D eigenvalue weighted by atomic mass is 9.97. The number of piperidine rings is 1.